The molecular formula is C12H12F3N3. The molecule has 2 aromatic rings. The lowest BCUT2D eigenvalue weighted by Gasteiger charge is -2.08. The summed E-state index contributed by atoms with van der Waals surface area (Å²) in [5.41, 5.74) is 7.14. The third-order valence-electron chi connectivity index (χ3n) is 2.81. The molecule has 0 radical (unpaired) electrons. The molecule has 1 aromatic heterocycles. The van der Waals surface area contributed by atoms with Crippen molar-refractivity contribution in [2.75, 3.05) is 5.73 Å². The van der Waals surface area contributed by atoms with Gasteiger partial charge in [0, 0.05) is 18.2 Å². The molecule has 18 heavy (non-hydrogen) atoms. The first-order chi connectivity index (χ1) is 8.30. The summed E-state index contributed by atoms with van der Waals surface area (Å²) < 4.78 is 38.9. The van der Waals surface area contributed by atoms with Crippen LogP contribution in [0, 0.1) is 6.92 Å². The molecule has 0 aliphatic carbocycles. The quantitative estimate of drug-likeness (QED) is 0.851. The van der Waals surface area contributed by atoms with Crippen LogP contribution in [0.1, 0.15) is 11.1 Å². The molecule has 0 amide bonds. The maximum absolute atomic E-state index is 12.4. The Kier molecular flexibility index (Phi) is 2.80. The minimum Gasteiger partial charge on any atom is -0.382 e. The normalized spacial score (nSPS) is 11.8. The molecule has 0 spiro atoms. The molecule has 0 bridgehead atoms. The molecule has 0 atom stereocenters. The molecule has 2 N–H and O–H groups in total. The van der Waals surface area contributed by atoms with E-state index in [0.717, 1.165) is 23.4 Å². The fourth-order valence-corrected chi connectivity index (χ4v) is 1.87. The lowest BCUT2D eigenvalue weighted by Crippen LogP contribution is -2.04. The van der Waals surface area contributed by atoms with Crippen molar-refractivity contribution in [1.82, 2.24) is 9.78 Å². The zero-order valence-electron chi connectivity index (χ0n) is 9.92. The second-order valence-electron chi connectivity index (χ2n) is 4.06. The van der Waals surface area contributed by atoms with Gasteiger partial charge in [-0.1, -0.05) is 12.1 Å². The first-order valence-corrected chi connectivity index (χ1v) is 5.27. The summed E-state index contributed by atoms with van der Waals surface area (Å²) in [6.07, 6.45) is -4.32. The highest BCUT2D eigenvalue weighted by Gasteiger charge is 2.30. The maximum atomic E-state index is 12.4. The zero-order valence-corrected chi connectivity index (χ0v) is 9.92. The van der Waals surface area contributed by atoms with Crippen molar-refractivity contribution in [2.24, 2.45) is 7.05 Å². The average Bonchev–Trinajstić information content (AvgIpc) is 2.52. The Morgan fingerprint density at radius 2 is 1.72 bits per heavy atom. The minimum atomic E-state index is -4.32. The summed E-state index contributed by atoms with van der Waals surface area (Å²) >= 11 is 0. The summed E-state index contributed by atoms with van der Waals surface area (Å²) in [5.74, 6) is 0.382. The molecule has 1 heterocycles. The summed E-state index contributed by atoms with van der Waals surface area (Å²) in [6.45, 7) is 1.79. The zero-order chi connectivity index (χ0) is 13.5. The molecule has 6 heteroatoms. The molecule has 2 rings (SSSR count). The van der Waals surface area contributed by atoms with Crippen LogP contribution in [0.25, 0.3) is 11.3 Å². The molecule has 0 fully saturated rings. The Morgan fingerprint density at radius 3 is 2.11 bits per heavy atom. The third kappa shape index (κ3) is 2.05. The standard InChI is InChI=1S/C12H12F3N3/c1-7-10(18(2)17-11(7)16)8-3-5-9(6-4-8)12(13,14)15/h3-6H,1-2H3,(H2,16,17). The molecule has 1 aromatic carbocycles. The Bertz CT molecular complexity index is 567. The molecule has 0 saturated carbocycles. The van der Waals surface area contributed by atoms with Crippen molar-refractivity contribution in [1.29, 1.82) is 0 Å². The van der Waals surface area contributed by atoms with Crippen LogP contribution < -0.4 is 5.73 Å². The fourth-order valence-electron chi connectivity index (χ4n) is 1.87. The van der Waals surface area contributed by atoms with E-state index < -0.39 is 11.7 Å². The van der Waals surface area contributed by atoms with Crippen molar-refractivity contribution in [2.45, 2.75) is 13.1 Å². The summed E-state index contributed by atoms with van der Waals surface area (Å²) in [6, 6.07) is 4.95. The van der Waals surface area contributed by atoms with Crippen LogP contribution >= 0.6 is 0 Å². The van der Waals surface area contributed by atoms with Crippen molar-refractivity contribution in [3.05, 3.63) is 35.4 Å². The van der Waals surface area contributed by atoms with E-state index in [1.807, 2.05) is 0 Å². The van der Waals surface area contributed by atoms with Gasteiger partial charge in [-0.15, -0.1) is 0 Å². The highest BCUT2D eigenvalue weighted by Crippen LogP contribution is 2.32. The smallest absolute Gasteiger partial charge is 0.382 e. The number of nitrogens with two attached hydrogens (primary N) is 1. The van der Waals surface area contributed by atoms with Crippen molar-refractivity contribution < 1.29 is 13.2 Å². The maximum Gasteiger partial charge on any atom is 0.416 e. The van der Waals surface area contributed by atoms with E-state index in [9.17, 15) is 13.2 Å². The van der Waals surface area contributed by atoms with Crippen LogP contribution in [0.2, 0.25) is 0 Å². The van der Waals surface area contributed by atoms with Gasteiger partial charge in [0.1, 0.15) is 5.82 Å². The number of anilines is 1. The number of halogens is 3. The fraction of sp³-hybridized carbons (Fsp3) is 0.250. The van der Waals surface area contributed by atoms with E-state index in [1.165, 1.54) is 12.1 Å². The molecule has 0 saturated heterocycles. The van der Waals surface area contributed by atoms with Gasteiger partial charge in [-0.2, -0.15) is 18.3 Å². The van der Waals surface area contributed by atoms with Gasteiger partial charge in [-0.05, 0) is 19.1 Å². The van der Waals surface area contributed by atoms with Crippen LogP contribution in [0.5, 0.6) is 0 Å². The monoisotopic (exact) mass is 255 g/mol. The molecule has 0 unspecified atom stereocenters. The highest BCUT2D eigenvalue weighted by atomic mass is 19.4. The molecule has 0 aliphatic heterocycles. The number of benzene rings is 1. The van der Waals surface area contributed by atoms with Crippen LogP contribution in [0.3, 0.4) is 0 Å². The number of aryl methyl sites for hydroxylation is 1. The largest absolute Gasteiger partial charge is 0.416 e. The average molecular weight is 255 g/mol. The third-order valence-corrected chi connectivity index (χ3v) is 2.81. The number of nitrogen functional groups attached to an aromatic ring is 1. The molecule has 96 valence electrons. The van der Waals surface area contributed by atoms with Gasteiger partial charge in [0.2, 0.25) is 0 Å². The van der Waals surface area contributed by atoms with Crippen LogP contribution in [0.4, 0.5) is 19.0 Å². The van der Waals surface area contributed by atoms with Gasteiger partial charge in [-0.25, -0.2) is 0 Å². The number of rotatable bonds is 1. The SMILES string of the molecule is Cc1c(N)nn(C)c1-c1ccc(C(F)(F)F)cc1. The van der Waals surface area contributed by atoms with E-state index in [4.69, 9.17) is 5.73 Å². The van der Waals surface area contributed by atoms with Crippen molar-refractivity contribution in [3.8, 4) is 11.3 Å². The number of hydrogen-bond donors (Lipinski definition) is 1. The van der Waals surface area contributed by atoms with E-state index in [2.05, 4.69) is 5.10 Å². The van der Waals surface area contributed by atoms with E-state index in [0.29, 0.717) is 11.4 Å². The Balaban J connectivity index is 2.47. The first-order valence-electron chi connectivity index (χ1n) is 5.27. The van der Waals surface area contributed by atoms with Gasteiger partial charge in [-0.3, -0.25) is 4.68 Å². The predicted molar refractivity (Wildman–Crippen MR) is 62.8 cm³/mol. The highest BCUT2D eigenvalue weighted by molar-refractivity contribution is 5.68. The second-order valence-corrected chi connectivity index (χ2v) is 4.06. The van der Waals surface area contributed by atoms with Gasteiger partial charge >= 0.3 is 6.18 Å². The first kappa shape index (κ1) is 12.5. The van der Waals surface area contributed by atoms with Gasteiger partial charge in [0.25, 0.3) is 0 Å². The molecule has 3 nitrogen and oxygen atoms in total. The Labute approximate surface area is 102 Å². The van der Waals surface area contributed by atoms with Crippen molar-refractivity contribution in [3.63, 3.8) is 0 Å². The summed E-state index contributed by atoms with van der Waals surface area (Å²) in [4.78, 5) is 0. The van der Waals surface area contributed by atoms with Crippen LogP contribution in [-0.4, -0.2) is 9.78 Å². The number of aromatic nitrogens is 2. The lowest BCUT2D eigenvalue weighted by atomic mass is 10.1. The van der Waals surface area contributed by atoms with E-state index in [-0.39, 0.29) is 0 Å². The van der Waals surface area contributed by atoms with Crippen molar-refractivity contribution >= 4 is 5.82 Å². The van der Waals surface area contributed by atoms with E-state index >= 15 is 0 Å². The van der Waals surface area contributed by atoms with Gasteiger partial charge in [0.15, 0.2) is 0 Å². The molecule has 0 aliphatic rings. The summed E-state index contributed by atoms with van der Waals surface area (Å²) in [5, 5.41) is 4.03. The minimum absolute atomic E-state index is 0.382. The second kappa shape index (κ2) is 4.04. The number of nitrogens with zero attached hydrogens (tertiary/aromatic N) is 2. The van der Waals surface area contributed by atoms with Gasteiger partial charge in [0.05, 0.1) is 11.3 Å². The van der Waals surface area contributed by atoms with Crippen LogP contribution in [-0.2, 0) is 13.2 Å². The number of alkyl halides is 3. The lowest BCUT2D eigenvalue weighted by molar-refractivity contribution is -0.137. The predicted octanol–water partition coefficient (Wildman–Crippen LogP) is 3.00. The van der Waals surface area contributed by atoms with Gasteiger partial charge < -0.3 is 5.73 Å². The van der Waals surface area contributed by atoms with E-state index in [1.54, 1.807) is 18.7 Å². The Morgan fingerprint density at radius 1 is 1.17 bits per heavy atom. The van der Waals surface area contributed by atoms with Crippen LogP contribution in [0.15, 0.2) is 24.3 Å². The summed E-state index contributed by atoms with van der Waals surface area (Å²) in [7, 11) is 1.70. The Hall–Kier alpha value is -1.98. The topological polar surface area (TPSA) is 43.8 Å². The number of hydrogen-bond acceptors (Lipinski definition) is 2. The molecular weight excluding hydrogens is 243 g/mol.